The summed E-state index contributed by atoms with van der Waals surface area (Å²) in [7, 11) is 0. The van der Waals surface area contributed by atoms with Crippen LogP contribution in [0.25, 0.3) is 0 Å². The molecule has 1 saturated heterocycles. The van der Waals surface area contributed by atoms with Crippen molar-refractivity contribution >= 4 is 23.6 Å². The van der Waals surface area contributed by atoms with Crippen LogP contribution in [-0.2, 0) is 14.3 Å². The predicted octanol–water partition coefficient (Wildman–Crippen LogP) is 2.48. The summed E-state index contributed by atoms with van der Waals surface area (Å²) in [6.45, 7) is 7.27. The lowest BCUT2D eigenvalue weighted by molar-refractivity contribution is -0.134. The predicted molar refractivity (Wildman–Crippen MR) is 98.7 cm³/mol. The Balaban J connectivity index is 1.71. The van der Waals surface area contributed by atoms with Crippen molar-refractivity contribution < 1.29 is 19.1 Å². The highest BCUT2D eigenvalue weighted by Crippen LogP contribution is 2.13. The maximum absolute atomic E-state index is 12.3. The van der Waals surface area contributed by atoms with Crippen LogP contribution in [0.1, 0.15) is 33.6 Å². The summed E-state index contributed by atoms with van der Waals surface area (Å²) in [5.74, 6) is -0.256. The number of benzene rings is 1. The average molecular weight is 361 g/mol. The molecule has 0 unspecified atom stereocenters. The minimum Gasteiger partial charge on any atom is -0.444 e. The van der Waals surface area contributed by atoms with Gasteiger partial charge in [-0.15, -0.1) is 0 Å². The molecule has 0 aliphatic carbocycles. The van der Waals surface area contributed by atoms with Gasteiger partial charge in [-0.25, -0.2) is 4.79 Å². The van der Waals surface area contributed by atoms with E-state index in [0.717, 1.165) is 5.69 Å². The Labute approximate surface area is 154 Å². The first-order valence-electron chi connectivity index (χ1n) is 8.85. The van der Waals surface area contributed by atoms with Crippen LogP contribution in [0.5, 0.6) is 0 Å². The highest BCUT2D eigenvalue weighted by atomic mass is 16.6. The molecule has 0 radical (unpaired) electrons. The van der Waals surface area contributed by atoms with Gasteiger partial charge in [-0.2, -0.15) is 0 Å². The minimum absolute atomic E-state index is 0.0722. The molecule has 1 aliphatic heterocycles. The Kier molecular flexibility index (Phi) is 6.60. The number of rotatable bonds is 4. The number of amides is 3. The molecule has 0 bridgehead atoms. The number of anilines is 1. The third-order valence-electron chi connectivity index (χ3n) is 3.91. The molecule has 2 rings (SSSR count). The second-order valence-electron chi connectivity index (χ2n) is 7.26. The number of carbonyl (C=O) groups is 3. The van der Waals surface area contributed by atoms with E-state index in [2.05, 4.69) is 5.32 Å². The highest BCUT2D eigenvalue weighted by molar-refractivity contribution is 5.93. The number of hydrogen-bond donors (Lipinski definition) is 1. The molecule has 1 heterocycles. The van der Waals surface area contributed by atoms with E-state index in [0.29, 0.717) is 26.2 Å². The molecule has 7 heteroatoms. The Morgan fingerprint density at radius 2 is 1.54 bits per heavy atom. The largest absolute Gasteiger partial charge is 0.444 e. The van der Waals surface area contributed by atoms with Crippen molar-refractivity contribution in [3.8, 4) is 0 Å². The summed E-state index contributed by atoms with van der Waals surface area (Å²) < 4.78 is 5.34. The fraction of sp³-hybridized carbons (Fsp3) is 0.526. The molecule has 0 atom stereocenters. The van der Waals surface area contributed by atoms with E-state index in [9.17, 15) is 14.4 Å². The zero-order valence-corrected chi connectivity index (χ0v) is 15.7. The number of para-hydroxylation sites is 1. The number of nitrogens with one attached hydrogen (secondary N) is 1. The number of nitrogens with zero attached hydrogens (tertiary/aromatic N) is 2. The first-order valence-corrected chi connectivity index (χ1v) is 8.85. The lowest BCUT2D eigenvalue weighted by atomic mass is 10.2. The second-order valence-corrected chi connectivity index (χ2v) is 7.26. The van der Waals surface area contributed by atoms with E-state index in [1.807, 2.05) is 39.0 Å². The maximum Gasteiger partial charge on any atom is 0.410 e. The summed E-state index contributed by atoms with van der Waals surface area (Å²) in [5, 5.41) is 2.76. The number of ether oxygens (including phenoxy) is 1. The molecule has 0 saturated carbocycles. The van der Waals surface area contributed by atoms with Gasteiger partial charge in [0.15, 0.2) is 0 Å². The van der Waals surface area contributed by atoms with Crippen molar-refractivity contribution in [3.63, 3.8) is 0 Å². The minimum atomic E-state index is -0.532. The molecule has 1 fully saturated rings. The summed E-state index contributed by atoms with van der Waals surface area (Å²) in [5.41, 5.74) is 0.187. The number of carbonyl (C=O) groups excluding carboxylic acids is 3. The van der Waals surface area contributed by atoms with Crippen molar-refractivity contribution in [2.45, 2.75) is 39.2 Å². The second kappa shape index (κ2) is 8.69. The topological polar surface area (TPSA) is 79.0 Å². The van der Waals surface area contributed by atoms with Crippen LogP contribution < -0.4 is 5.32 Å². The summed E-state index contributed by atoms with van der Waals surface area (Å²) in [4.78, 5) is 39.5. The van der Waals surface area contributed by atoms with E-state index in [1.54, 1.807) is 21.9 Å². The Morgan fingerprint density at radius 1 is 0.962 bits per heavy atom. The van der Waals surface area contributed by atoms with Gasteiger partial charge in [-0.05, 0) is 32.9 Å². The standard InChI is InChI=1S/C19H27N3O4/c1-19(2,3)26-18(25)22-13-11-21(12-14-22)17(24)10-9-16(23)20-15-7-5-4-6-8-15/h4-8H,9-14H2,1-3H3,(H,20,23). The van der Waals surface area contributed by atoms with Crippen LogP contribution >= 0.6 is 0 Å². The lowest BCUT2D eigenvalue weighted by Crippen LogP contribution is -2.51. The van der Waals surface area contributed by atoms with E-state index >= 15 is 0 Å². The first-order chi connectivity index (χ1) is 12.2. The van der Waals surface area contributed by atoms with Gasteiger partial charge in [0.1, 0.15) is 5.60 Å². The molecular weight excluding hydrogens is 334 g/mol. The van der Waals surface area contributed by atoms with Crippen LogP contribution in [0.3, 0.4) is 0 Å². The van der Waals surface area contributed by atoms with Gasteiger partial charge < -0.3 is 19.9 Å². The monoisotopic (exact) mass is 361 g/mol. The van der Waals surface area contributed by atoms with Crippen LogP contribution in [-0.4, -0.2) is 59.5 Å². The normalized spacial score (nSPS) is 14.7. The van der Waals surface area contributed by atoms with Gasteiger partial charge in [0.2, 0.25) is 11.8 Å². The molecule has 142 valence electrons. The molecule has 26 heavy (non-hydrogen) atoms. The van der Waals surface area contributed by atoms with E-state index < -0.39 is 5.60 Å². The van der Waals surface area contributed by atoms with Gasteiger partial charge in [0, 0.05) is 44.7 Å². The molecule has 3 amide bonds. The highest BCUT2D eigenvalue weighted by Gasteiger charge is 2.27. The van der Waals surface area contributed by atoms with Crippen molar-refractivity contribution in [1.82, 2.24) is 9.80 Å². The van der Waals surface area contributed by atoms with Crippen LogP contribution in [0.15, 0.2) is 30.3 Å². The van der Waals surface area contributed by atoms with E-state index in [1.165, 1.54) is 0 Å². The van der Waals surface area contributed by atoms with Crippen LogP contribution in [0.4, 0.5) is 10.5 Å². The lowest BCUT2D eigenvalue weighted by Gasteiger charge is -2.35. The zero-order valence-electron chi connectivity index (χ0n) is 15.7. The Hall–Kier alpha value is -2.57. The molecule has 1 aromatic rings. The fourth-order valence-corrected chi connectivity index (χ4v) is 2.59. The van der Waals surface area contributed by atoms with Crippen molar-refractivity contribution in [3.05, 3.63) is 30.3 Å². The summed E-state index contributed by atoms with van der Waals surface area (Å²) >= 11 is 0. The molecule has 1 aromatic carbocycles. The maximum atomic E-state index is 12.3. The first kappa shape index (κ1) is 19.8. The molecule has 0 aromatic heterocycles. The van der Waals surface area contributed by atoms with E-state index in [-0.39, 0.29) is 30.7 Å². The van der Waals surface area contributed by atoms with Gasteiger partial charge in [0.25, 0.3) is 0 Å². The van der Waals surface area contributed by atoms with Gasteiger partial charge >= 0.3 is 6.09 Å². The Morgan fingerprint density at radius 3 is 2.12 bits per heavy atom. The molecule has 7 nitrogen and oxygen atoms in total. The average Bonchev–Trinajstić information content (AvgIpc) is 2.59. The van der Waals surface area contributed by atoms with Crippen molar-refractivity contribution in [2.75, 3.05) is 31.5 Å². The number of hydrogen-bond acceptors (Lipinski definition) is 4. The van der Waals surface area contributed by atoms with Gasteiger partial charge in [0.05, 0.1) is 0 Å². The Bertz CT molecular complexity index is 632. The smallest absolute Gasteiger partial charge is 0.410 e. The number of piperazine rings is 1. The van der Waals surface area contributed by atoms with Crippen LogP contribution in [0.2, 0.25) is 0 Å². The summed E-state index contributed by atoms with van der Waals surface area (Å²) in [6.07, 6.45) is -0.0580. The molecule has 1 aliphatic rings. The summed E-state index contributed by atoms with van der Waals surface area (Å²) in [6, 6.07) is 9.15. The van der Waals surface area contributed by atoms with Gasteiger partial charge in [-0.3, -0.25) is 9.59 Å². The van der Waals surface area contributed by atoms with Crippen LogP contribution in [0, 0.1) is 0 Å². The quantitative estimate of drug-likeness (QED) is 0.894. The molecule has 0 spiro atoms. The van der Waals surface area contributed by atoms with Crippen molar-refractivity contribution in [2.24, 2.45) is 0 Å². The van der Waals surface area contributed by atoms with Crippen molar-refractivity contribution in [1.29, 1.82) is 0 Å². The van der Waals surface area contributed by atoms with Gasteiger partial charge in [-0.1, -0.05) is 18.2 Å². The van der Waals surface area contributed by atoms with E-state index in [4.69, 9.17) is 4.74 Å². The fourth-order valence-electron chi connectivity index (χ4n) is 2.59. The SMILES string of the molecule is CC(C)(C)OC(=O)N1CCN(C(=O)CCC(=O)Nc2ccccc2)CC1. The third-order valence-corrected chi connectivity index (χ3v) is 3.91. The zero-order chi connectivity index (χ0) is 19.2. The molecule has 1 N–H and O–H groups in total. The molecular formula is C19H27N3O4. The third kappa shape index (κ3) is 6.38.